The summed E-state index contributed by atoms with van der Waals surface area (Å²) in [7, 11) is 0. The number of carbonyl (C=O) groups excluding carboxylic acids is 2. The van der Waals surface area contributed by atoms with Crippen LogP contribution in [0.2, 0.25) is 0 Å². The first-order valence-corrected chi connectivity index (χ1v) is 4.73. The topological polar surface area (TPSA) is 52.6 Å². The Hall–Kier alpha value is -1.06. The van der Waals surface area contributed by atoms with E-state index < -0.39 is 5.79 Å². The highest BCUT2D eigenvalue weighted by molar-refractivity contribution is 5.73. The standard InChI is InChI=1S/C10H18O4/c1-6-8(11)13-10(4,5)14-9(12)7(2)3/h7H,6H2,1-5H3. The van der Waals surface area contributed by atoms with Crippen molar-refractivity contribution in [1.29, 1.82) is 0 Å². The van der Waals surface area contributed by atoms with E-state index in [1.165, 1.54) is 0 Å². The van der Waals surface area contributed by atoms with Crippen LogP contribution < -0.4 is 0 Å². The average Bonchev–Trinajstić information content (AvgIpc) is 2.02. The Morgan fingerprint density at radius 1 is 1.21 bits per heavy atom. The van der Waals surface area contributed by atoms with Crippen molar-refractivity contribution < 1.29 is 19.1 Å². The molecule has 4 nitrogen and oxygen atoms in total. The number of hydrogen-bond donors (Lipinski definition) is 0. The van der Waals surface area contributed by atoms with E-state index >= 15 is 0 Å². The molecule has 0 aliphatic rings. The maximum Gasteiger partial charge on any atom is 0.311 e. The lowest BCUT2D eigenvalue weighted by Crippen LogP contribution is -2.35. The third kappa shape index (κ3) is 4.84. The molecule has 0 bridgehead atoms. The molecule has 0 spiro atoms. The van der Waals surface area contributed by atoms with Gasteiger partial charge < -0.3 is 9.47 Å². The van der Waals surface area contributed by atoms with Gasteiger partial charge in [-0.2, -0.15) is 0 Å². The zero-order valence-corrected chi connectivity index (χ0v) is 9.42. The first-order chi connectivity index (χ1) is 6.28. The number of esters is 2. The Balaban J connectivity index is 4.20. The normalized spacial score (nSPS) is 11.3. The first-order valence-electron chi connectivity index (χ1n) is 4.73. The van der Waals surface area contributed by atoms with Gasteiger partial charge in [0.25, 0.3) is 5.79 Å². The molecule has 0 amide bonds. The Bertz CT molecular complexity index is 218. The van der Waals surface area contributed by atoms with Gasteiger partial charge in [-0.25, -0.2) is 0 Å². The third-order valence-corrected chi connectivity index (χ3v) is 1.47. The maximum atomic E-state index is 11.2. The molecular weight excluding hydrogens is 184 g/mol. The molecule has 0 atom stereocenters. The van der Waals surface area contributed by atoms with Crippen LogP contribution in [-0.4, -0.2) is 17.7 Å². The van der Waals surface area contributed by atoms with Crippen LogP contribution in [0.15, 0.2) is 0 Å². The molecular formula is C10H18O4. The van der Waals surface area contributed by atoms with E-state index in [4.69, 9.17) is 9.47 Å². The van der Waals surface area contributed by atoms with Crippen LogP contribution in [0.4, 0.5) is 0 Å². The van der Waals surface area contributed by atoms with Crippen molar-refractivity contribution in [3.8, 4) is 0 Å². The van der Waals surface area contributed by atoms with Crippen LogP contribution in [-0.2, 0) is 19.1 Å². The summed E-state index contributed by atoms with van der Waals surface area (Å²) in [6.45, 7) is 8.21. The van der Waals surface area contributed by atoms with Gasteiger partial charge in [-0.15, -0.1) is 0 Å². The van der Waals surface area contributed by atoms with Gasteiger partial charge in [0.05, 0.1) is 5.92 Å². The largest absolute Gasteiger partial charge is 0.423 e. The van der Waals surface area contributed by atoms with E-state index in [-0.39, 0.29) is 24.3 Å². The summed E-state index contributed by atoms with van der Waals surface area (Å²) < 4.78 is 9.92. The molecule has 0 aliphatic heterocycles. The van der Waals surface area contributed by atoms with E-state index in [9.17, 15) is 9.59 Å². The molecule has 0 fully saturated rings. The van der Waals surface area contributed by atoms with Crippen LogP contribution in [0.5, 0.6) is 0 Å². The van der Waals surface area contributed by atoms with Crippen molar-refractivity contribution in [2.75, 3.05) is 0 Å². The molecule has 82 valence electrons. The van der Waals surface area contributed by atoms with Crippen molar-refractivity contribution in [2.24, 2.45) is 5.92 Å². The molecule has 0 heterocycles. The van der Waals surface area contributed by atoms with Gasteiger partial charge in [0.15, 0.2) is 0 Å². The molecule has 4 heteroatoms. The molecule has 0 N–H and O–H groups in total. The van der Waals surface area contributed by atoms with Gasteiger partial charge in [-0.1, -0.05) is 20.8 Å². The van der Waals surface area contributed by atoms with Crippen molar-refractivity contribution in [3.05, 3.63) is 0 Å². The summed E-state index contributed by atoms with van der Waals surface area (Å²) >= 11 is 0. The Morgan fingerprint density at radius 2 is 1.71 bits per heavy atom. The van der Waals surface area contributed by atoms with E-state index in [1.807, 2.05) is 0 Å². The molecule has 0 aliphatic carbocycles. The van der Waals surface area contributed by atoms with E-state index in [0.717, 1.165) is 0 Å². The molecule has 0 aromatic heterocycles. The SMILES string of the molecule is CCC(=O)OC(C)(C)OC(=O)C(C)C. The first kappa shape index (κ1) is 12.9. The Morgan fingerprint density at radius 3 is 2.07 bits per heavy atom. The summed E-state index contributed by atoms with van der Waals surface area (Å²) in [5, 5.41) is 0. The second kappa shape index (κ2) is 4.98. The molecule has 0 radical (unpaired) electrons. The summed E-state index contributed by atoms with van der Waals surface area (Å²) in [5.74, 6) is -2.16. The van der Waals surface area contributed by atoms with Gasteiger partial charge in [0.1, 0.15) is 0 Å². The molecule has 0 saturated heterocycles. The molecule has 0 aromatic carbocycles. The highest BCUT2D eigenvalue weighted by Crippen LogP contribution is 2.14. The zero-order chi connectivity index (χ0) is 11.4. The fourth-order valence-electron chi connectivity index (χ4n) is 0.727. The highest BCUT2D eigenvalue weighted by atomic mass is 16.7. The summed E-state index contributed by atoms with van der Waals surface area (Å²) in [6.07, 6.45) is 0.267. The van der Waals surface area contributed by atoms with Gasteiger partial charge in [-0.05, 0) is 0 Å². The predicted molar refractivity (Wildman–Crippen MR) is 51.4 cm³/mol. The smallest absolute Gasteiger partial charge is 0.311 e. The van der Waals surface area contributed by atoms with Gasteiger partial charge in [0.2, 0.25) is 0 Å². The zero-order valence-electron chi connectivity index (χ0n) is 9.42. The fourth-order valence-corrected chi connectivity index (χ4v) is 0.727. The van der Waals surface area contributed by atoms with Gasteiger partial charge in [-0.3, -0.25) is 9.59 Å². The van der Waals surface area contributed by atoms with Crippen molar-refractivity contribution >= 4 is 11.9 Å². The van der Waals surface area contributed by atoms with Crippen molar-refractivity contribution in [3.63, 3.8) is 0 Å². The lowest BCUT2D eigenvalue weighted by atomic mass is 10.2. The highest BCUT2D eigenvalue weighted by Gasteiger charge is 2.27. The second-order valence-corrected chi connectivity index (χ2v) is 3.80. The molecule has 14 heavy (non-hydrogen) atoms. The fraction of sp³-hybridized carbons (Fsp3) is 0.800. The molecule has 0 aromatic rings. The quantitative estimate of drug-likeness (QED) is 0.516. The van der Waals surface area contributed by atoms with Gasteiger partial charge >= 0.3 is 11.9 Å². The van der Waals surface area contributed by atoms with Crippen LogP contribution in [0, 0.1) is 5.92 Å². The third-order valence-electron chi connectivity index (χ3n) is 1.47. The Kier molecular flexibility index (Phi) is 4.60. The maximum absolute atomic E-state index is 11.2. The minimum absolute atomic E-state index is 0.227. The number of carbonyl (C=O) groups is 2. The van der Waals surface area contributed by atoms with Crippen molar-refractivity contribution in [2.45, 2.75) is 46.8 Å². The lowest BCUT2D eigenvalue weighted by molar-refractivity contribution is -0.218. The van der Waals surface area contributed by atoms with Crippen LogP contribution in [0.25, 0.3) is 0 Å². The monoisotopic (exact) mass is 202 g/mol. The minimum Gasteiger partial charge on any atom is -0.423 e. The van der Waals surface area contributed by atoms with Crippen LogP contribution >= 0.6 is 0 Å². The van der Waals surface area contributed by atoms with Crippen LogP contribution in [0.3, 0.4) is 0 Å². The predicted octanol–water partition coefficient (Wildman–Crippen LogP) is 1.87. The summed E-state index contributed by atoms with van der Waals surface area (Å²) in [6, 6.07) is 0. The minimum atomic E-state index is -1.17. The number of rotatable bonds is 4. The molecule has 0 saturated carbocycles. The molecule has 0 rings (SSSR count). The second-order valence-electron chi connectivity index (χ2n) is 3.80. The average molecular weight is 202 g/mol. The number of hydrogen-bond acceptors (Lipinski definition) is 4. The summed E-state index contributed by atoms with van der Waals surface area (Å²) in [4.78, 5) is 22.2. The van der Waals surface area contributed by atoms with E-state index in [1.54, 1.807) is 34.6 Å². The number of ether oxygens (including phenoxy) is 2. The van der Waals surface area contributed by atoms with Crippen LogP contribution in [0.1, 0.15) is 41.0 Å². The van der Waals surface area contributed by atoms with E-state index in [2.05, 4.69) is 0 Å². The Labute approximate surface area is 84.6 Å². The summed E-state index contributed by atoms with van der Waals surface area (Å²) in [5.41, 5.74) is 0. The van der Waals surface area contributed by atoms with E-state index in [0.29, 0.717) is 0 Å². The van der Waals surface area contributed by atoms with Crippen molar-refractivity contribution in [1.82, 2.24) is 0 Å². The lowest BCUT2D eigenvalue weighted by Gasteiger charge is -2.25. The molecule has 0 unspecified atom stereocenters. The van der Waals surface area contributed by atoms with Gasteiger partial charge in [0, 0.05) is 20.3 Å².